The molecule has 0 fully saturated rings. The highest BCUT2D eigenvalue weighted by Gasteiger charge is 2.11. The maximum atomic E-state index is 13.5. The van der Waals surface area contributed by atoms with Crippen LogP contribution in [0, 0.1) is 18.6 Å². The van der Waals surface area contributed by atoms with Gasteiger partial charge in [0.25, 0.3) is 0 Å². The molecule has 0 bridgehead atoms. The highest BCUT2D eigenvalue weighted by molar-refractivity contribution is 5.68. The van der Waals surface area contributed by atoms with Gasteiger partial charge in [0.2, 0.25) is 0 Å². The average molecular weight is 204 g/mol. The minimum Gasteiger partial charge on any atom is -0.206 e. The first-order valence-electron chi connectivity index (χ1n) is 4.70. The minimum absolute atomic E-state index is 0.0515. The molecule has 0 aliphatic heterocycles. The number of benzene rings is 2. The van der Waals surface area contributed by atoms with Crippen LogP contribution >= 0.6 is 0 Å². The molecule has 0 unspecified atom stereocenters. The van der Waals surface area contributed by atoms with Crippen molar-refractivity contribution in [3.05, 3.63) is 59.7 Å². The van der Waals surface area contributed by atoms with Crippen molar-refractivity contribution >= 4 is 0 Å². The van der Waals surface area contributed by atoms with E-state index >= 15 is 0 Å². The molecule has 0 N–H and O–H groups in total. The van der Waals surface area contributed by atoms with Crippen LogP contribution in [0.1, 0.15) is 5.56 Å². The van der Waals surface area contributed by atoms with Gasteiger partial charge in [-0.05, 0) is 30.2 Å². The van der Waals surface area contributed by atoms with E-state index in [-0.39, 0.29) is 5.56 Å². The fourth-order valence-corrected chi connectivity index (χ4v) is 1.61. The van der Waals surface area contributed by atoms with Gasteiger partial charge in [-0.3, -0.25) is 0 Å². The van der Waals surface area contributed by atoms with Gasteiger partial charge in [0.15, 0.2) is 0 Å². The van der Waals surface area contributed by atoms with Crippen LogP contribution in [0.25, 0.3) is 11.1 Å². The Bertz CT molecular complexity index is 469. The second-order valence-corrected chi connectivity index (χ2v) is 3.41. The summed E-state index contributed by atoms with van der Waals surface area (Å²) < 4.78 is 27.0. The number of hydrogen-bond donors (Lipinski definition) is 0. The van der Waals surface area contributed by atoms with Crippen LogP contribution in [0.15, 0.2) is 42.5 Å². The lowest BCUT2D eigenvalue weighted by Crippen LogP contribution is -1.91. The van der Waals surface area contributed by atoms with E-state index in [4.69, 9.17) is 0 Å². The van der Waals surface area contributed by atoms with Crippen molar-refractivity contribution in [1.29, 1.82) is 0 Å². The molecule has 76 valence electrons. The summed E-state index contributed by atoms with van der Waals surface area (Å²) in [7, 11) is 0. The van der Waals surface area contributed by atoms with E-state index < -0.39 is 11.6 Å². The second-order valence-electron chi connectivity index (χ2n) is 3.41. The van der Waals surface area contributed by atoms with E-state index in [0.29, 0.717) is 5.56 Å². The molecule has 2 aromatic rings. The molecule has 0 spiro atoms. The Morgan fingerprint density at radius 2 is 1.40 bits per heavy atom. The van der Waals surface area contributed by atoms with Crippen molar-refractivity contribution in [3.8, 4) is 11.1 Å². The minimum atomic E-state index is -0.524. The van der Waals surface area contributed by atoms with Crippen molar-refractivity contribution in [2.24, 2.45) is 0 Å². The molecule has 0 aliphatic rings. The molecule has 2 rings (SSSR count). The van der Waals surface area contributed by atoms with E-state index in [2.05, 4.69) is 0 Å². The Hall–Kier alpha value is -1.70. The SMILES string of the molecule is Cc1ccccc1-c1c(F)cccc1F. The fourth-order valence-electron chi connectivity index (χ4n) is 1.61. The summed E-state index contributed by atoms with van der Waals surface area (Å²) in [6, 6.07) is 11.1. The summed E-state index contributed by atoms with van der Waals surface area (Å²) in [6.07, 6.45) is 0. The number of hydrogen-bond acceptors (Lipinski definition) is 0. The van der Waals surface area contributed by atoms with Crippen LogP contribution in [0.2, 0.25) is 0 Å². The van der Waals surface area contributed by atoms with Crippen LogP contribution in [0.3, 0.4) is 0 Å². The van der Waals surface area contributed by atoms with Gasteiger partial charge in [-0.25, -0.2) is 8.78 Å². The zero-order valence-corrected chi connectivity index (χ0v) is 8.30. The summed E-state index contributed by atoms with van der Waals surface area (Å²) in [4.78, 5) is 0. The van der Waals surface area contributed by atoms with E-state index in [1.807, 2.05) is 19.1 Å². The molecular weight excluding hydrogens is 194 g/mol. The maximum absolute atomic E-state index is 13.5. The predicted octanol–water partition coefficient (Wildman–Crippen LogP) is 3.94. The fraction of sp³-hybridized carbons (Fsp3) is 0.0769. The Labute approximate surface area is 87.2 Å². The van der Waals surface area contributed by atoms with Crippen LogP contribution in [-0.2, 0) is 0 Å². The molecule has 0 nitrogen and oxygen atoms in total. The van der Waals surface area contributed by atoms with Gasteiger partial charge in [0, 0.05) is 0 Å². The largest absolute Gasteiger partial charge is 0.206 e. The van der Waals surface area contributed by atoms with E-state index in [1.165, 1.54) is 18.2 Å². The molecule has 2 heteroatoms. The molecule has 0 amide bonds. The second kappa shape index (κ2) is 3.81. The first-order chi connectivity index (χ1) is 7.20. The van der Waals surface area contributed by atoms with Crippen LogP contribution in [0.4, 0.5) is 8.78 Å². The summed E-state index contributed by atoms with van der Waals surface area (Å²) in [5, 5.41) is 0. The summed E-state index contributed by atoms with van der Waals surface area (Å²) in [6.45, 7) is 1.83. The summed E-state index contributed by atoms with van der Waals surface area (Å²) in [5.41, 5.74) is 1.52. The normalized spacial score (nSPS) is 10.3. The Morgan fingerprint density at radius 3 is 2.00 bits per heavy atom. The first kappa shape index (κ1) is 9.84. The number of halogens is 2. The first-order valence-corrected chi connectivity index (χ1v) is 4.70. The molecule has 15 heavy (non-hydrogen) atoms. The number of rotatable bonds is 1. The highest BCUT2D eigenvalue weighted by Crippen LogP contribution is 2.28. The van der Waals surface area contributed by atoms with Gasteiger partial charge in [0.05, 0.1) is 5.56 Å². The molecule has 0 aliphatic carbocycles. The topological polar surface area (TPSA) is 0 Å². The Morgan fingerprint density at radius 1 is 0.800 bits per heavy atom. The zero-order valence-electron chi connectivity index (χ0n) is 8.30. The Balaban J connectivity index is 2.69. The van der Waals surface area contributed by atoms with E-state index in [9.17, 15) is 8.78 Å². The average Bonchev–Trinajstić information content (AvgIpc) is 2.20. The lowest BCUT2D eigenvalue weighted by molar-refractivity contribution is 0.589. The molecule has 0 heterocycles. The smallest absolute Gasteiger partial charge is 0.133 e. The van der Waals surface area contributed by atoms with Crippen molar-refractivity contribution < 1.29 is 8.78 Å². The predicted molar refractivity (Wildman–Crippen MR) is 56.5 cm³/mol. The van der Waals surface area contributed by atoms with Gasteiger partial charge >= 0.3 is 0 Å². The maximum Gasteiger partial charge on any atom is 0.133 e. The summed E-state index contributed by atoms with van der Waals surface area (Å²) >= 11 is 0. The molecule has 0 saturated heterocycles. The third kappa shape index (κ3) is 1.75. The molecule has 2 aromatic carbocycles. The third-order valence-electron chi connectivity index (χ3n) is 2.38. The molecule has 0 radical (unpaired) electrons. The van der Waals surface area contributed by atoms with E-state index in [1.54, 1.807) is 12.1 Å². The van der Waals surface area contributed by atoms with Crippen molar-refractivity contribution in [2.75, 3.05) is 0 Å². The molecular formula is C13H10F2. The Kier molecular flexibility index (Phi) is 2.50. The standard InChI is InChI=1S/C13H10F2/c1-9-5-2-3-6-10(9)13-11(14)7-4-8-12(13)15/h2-8H,1H3. The third-order valence-corrected chi connectivity index (χ3v) is 2.38. The quantitative estimate of drug-likeness (QED) is 0.660. The lowest BCUT2D eigenvalue weighted by Gasteiger charge is -2.07. The molecule has 0 aromatic heterocycles. The van der Waals surface area contributed by atoms with Crippen LogP contribution in [-0.4, -0.2) is 0 Å². The molecule has 0 atom stereocenters. The van der Waals surface area contributed by atoms with Crippen LogP contribution < -0.4 is 0 Å². The summed E-state index contributed by atoms with van der Waals surface area (Å²) in [5.74, 6) is -1.05. The zero-order chi connectivity index (χ0) is 10.8. The lowest BCUT2D eigenvalue weighted by atomic mass is 10.00. The van der Waals surface area contributed by atoms with Gasteiger partial charge < -0.3 is 0 Å². The van der Waals surface area contributed by atoms with Crippen molar-refractivity contribution in [2.45, 2.75) is 6.92 Å². The number of aryl methyl sites for hydroxylation is 1. The van der Waals surface area contributed by atoms with E-state index in [0.717, 1.165) is 5.56 Å². The van der Waals surface area contributed by atoms with Gasteiger partial charge in [-0.1, -0.05) is 30.3 Å². The van der Waals surface area contributed by atoms with Gasteiger partial charge in [-0.15, -0.1) is 0 Å². The molecule has 0 saturated carbocycles. The van der Waals surface area contributed by atoms with Crippen molar-refractivity contribution in [3.63, 3.8) is 0 Å². The van der Waals surface area contributed by atoms with Gasteiger partial charge in [0.1, 0.15) is 11.6 Å². The van der Waals surface area contributed by atoms with Crippen LogP contribution in [0.5, 0.6) is 0 Å². The van der Waals surface area contributed by atoms with Gasteiger partial charge in [-0.2, -0.15) is 0 Å². The monoisotopic (exact) mass is 204 g/mol. The highest BCUT2D eigenvalue weighted by atomic mass is 19.1. The van der Waals surface area contributed by atoms with Crippen molar-refractivity contribution in [1.82, 2.24) is 0 Å².